The van der Waals surface area contributed by atoms with Crippen LogP contribution in [0, 0.1) is 0 Å². The van der Waals surface area contributed by atoms with E-state index in [0.717, 1.165) is 12.1 Å². The predicted octanol–water partition coefficient (Wildman–Crippen LogP) is 1.75. The summed E-state index contributed by atoms with van der Waals surface area (Å²) in [5, 5.41) is 0. The van der Waals surface area contributed by atoms with E-state index in [4.69, 9.17) is 4.74 Å². The van der Waals surface area contributed by atoms with Crippen LogP contribution in [0.1, 0.15) is 12.0 Å². The minimum atomic E-state index is -2.26. The number of benzene rings is 1. The zero-order valence-corrected chi connectivity index (χ0v) is 12.3. The van der Waals surface area contributed by atoms with Crippen molar-refractivity contribution in [2.24, 2.45) is 0 Å². The molecule has 0 spiro atoms. The van der Waals surface area contributed by atoms with Crippen LogP contribution in [-0.4, -0.2) is 60.5 Å². The van der Waals surface area contributed by atoms with Gasteiger partial charge in [-0.05, 0) is 5.56 Å². The first-order valence-electron chi connectivity index (χ1n) is 7.59. The molecule has 0 bridgehead atoms. The average molecular weight is 310 g/mol. The molecule has 1 aromatic rings. The summed E-state index contributed by atoms with van der Waals surface area (Å²) in [5.74, 6) is -0.212. The monoisotopic (exact) mass is 310 g/mol. The Bertz CT molecular complexity index is 512. The van der Waals surface area contributed by atoms with Gasteiger partial charge in [-0.3, -0.25) is 14.6 Å². The molecule has 0 saturated carbocycles. The fourth-order valence-electron chi connectivity index (χ4n) is 3.13. The average Bonchev–Trinajstić information content (AvgIpc) is 2.49. The second-order valence-corrected chi connectivity index (χ2v) is 5.87. The van der Waals surface area contributed by atoms with Gasteiger partial charge in [0.25, 0.3) is 6.43 Å². The lowest BCUT2D eigenvalue weighted by Gasteiger charge is -2.62. The number of esters is 1. The van der Waals surface area contributed by atoms with E-state index < -0.39 is 6.43 Å². The lowest BCUT2D eigenvalue weighted by Crippen LogP contribution is -2.79. The van der Waals surface area contributed by atoms with Crippen molar-refractivity contribution in [2.45, 2.75) is 31.5 Å². The first-order chi connectivity index (χ1) is 10.6. The van der Waals surface area contributed by atoms with Crippen molar-refractivity contribution in [1.82, 2.24) is 9.80 Å². The van der Waals surface area contributed by atoms with Crippen LogP contribution < -0.4 is 0 Å². The number of hydrogen-bond acceptors (Lipinski definition) is 4. The van der Waals surface area contributed by atoms with Gasteiger partial charge >= 0.3 is 5.97 Å². The quantitative estimate of drug-likeness (QED) is 0.719. The minimum absolute atomic E-state index is 0.131. The van der Waals surface area contributed by atoms with E-state index in [1.54, 1.807) is 0 Å². The second-order valence-electron chi connectivity index (χ2n) is 5.87. The third-order valence-corrected chi connectivity index (χ3v) is 4.44. The highest BCUT2D eigenvalue weighted by atomic mass is 19.3. The molecule has 0 aromatic heterocycles. The Morgan fingerprint density at radius 2 is 1.86 bits per heavy atom. The van der Waals surface area contributed by atoms with Crippen LogP contribution in [0.25, 0.3) is 0 Å². The molecule has 22 heavy (non-hydrogen) atoms. The molecule has 2 heterocycles. The van der Waals surface area contributed by atoms with Gasteiger partial charge in [0.05, 0.1) is 13.0 Å². The van der Waals surface area contributed by atoms with Crippen LogP contribution in [0.3, 0.4) is 0 Å². The van der Waals surface area contributed by atoms with Crippen LogP contribution in [0.5, 0.6) is 0 Å². The van der Waals surface area contributed by atoms with Crippen molar-refractivity contribution in [3.05, 3.63) is 35.9 Å². The minimum Gasteiger partial charge on any atom is -0.461 e. The topological polar surface area (TPSA) is 32.8 Å². The molecule has 2 fully saturated rings. The number of ether oxygens (including phenoxy) is 1. The first kappa shape index (κ1) is 15.4. The van der Waals surface area contributed by atoms with Crippen LogP contribution in [0.2, 0.25) is 0 Å². The summed E-state index contributed by atoms with van der Waals surface area (Å²) in [6.07, 6.45) is -1.91. The third kappa shape index (κ3) is 3.44. The number of carbonyl (C=O) groups excluding carboxylic acids is 1. The van der Waals surface area contributed by atoms with Crippen molar-refractivity contribution >= 4 is 5.97 Å². The predicted molar refractivity (Wildman–Crippen MR) is 77.6 cm³/mol. The molecule has 1 aromatic carbocycles. The number of nitrogens with zero attached hydrogens (tertiary/aromatic N) is 2. The van der Waals surface area contributed by atoms with Crippen molar-refractivity contribution in [1.29, 1.82) is 0 Å². The highest BCUT2D eigenvalue weighted by molar-refractivity contribution is 5.69. The normalized spacial score (nSPS) is 24.5. The molecule has 4 nitrogen and oxygen atoms in total. The zero-order valence-electron chi connectivity index (χ0n) is 12.3. The standard InChI is InChI=1S/C16H20F2N2O2/c17-15(18)10-20-9-13-14(20)8-19(13)7-6-16(21)22-11-12-4-2-1-3-5-12/h1-5,13-15H,6-11H2/t13?,14-/m0/s1. The highest BCUT2D eigenvalue weighted by Crippen LogP contribution is 2.33. The molecule has 2 atom stereocenters. The summed E-state index contributed by atoms with van der Waals surface area (Å²) in [4.78, 5) is 15.7. The Labute approximate surface area is 128 Å². The number of piperazine rings is 1. The molecule has 2 aliphatic rings. The molecule has 6 heteroatoms. The second kappa shape index (κ2) is 6.71. The highest BCUT2D eigenvalue weighted by Gasteiger charge is 2.51. The molecule has 0 N–H and O–H groups in total. The molecule has 0 amide bonds. The van der Waals surface area contributed by atoms with Gasteiger partial charge in [0.2, 0.25) is 0 Å². The van der Waals surface area contributed by atoms with Gasteiger partial charge in [-0.2, -0.15) is 0 Å². The lowest BCUT2D eigenvalue weighted by atomic mass is 9.85. The molecular formula is C16H20F2N2O2. The summed E-state index contributed by atoms with van der Waals surface area (Å²) in [6.45, 7) is 2.29. The van der Waals surface area contributed by atoms with Gasteiger partial charge in [-0.1, -0.05) is 30.3 Å². The maximum Gasteiger partial charge on any atom is 0.307 e. The number of fused-ring (bicyclic) bond motifs is 1. The van der Waals surface area contributed by atoms with E-state index >= 15 is 0 Å². The SMILES string of the molecule is O=C(CCN1C[C@H]2C1CN2CC(F)F)OCc1ccccc1. The van der Waals surface area contributed by atoms with Gasteiger partial charge in [0.15, 0.2) is 0 Å². The molecule has 0 aliphatic carbocycles. The maximum atomic E-state index is 12.3. The van der Waals surface area contributed by atoms with Crippen molar-refractivity contribution in [2.75, 3.05) is 26.2 Å². The fourth-order valence-corrected chi connectivity index (χ4v) is 3.13. The van der Waals surface area contributed by atoms with Gasteiger partial charge < -0.3 is 4.74 Å². The molecule has 120 valence electrons. The van der Waals surface area contributed by atoms with E-state index in [0.29, 0.717) is 32.2 Å². The molecule has 1 unspecified atom stereocenters. The van der Waals surface area contributed by atoms with E-state index in [2.05, 4.69) is 4.90 Å². The summed E-state index contributed by atoms with van der Waals surface area (Å²) in [6, 6.07) is 10.2. The Kier molecular flexibility index (Phi) is 4.69. The molecular weight excluding hydrogens is 290 g/mol. The van der Waals surface area contributed by atoms with Crippen LogP contribution in [0.4, 0.5) is 8.78 Å². The third-order valence-electron chi connectivity index (χ3n) is 4.44. The van der Waals surface area contributed by atoms with Gasteiger partial charge in [0, 0.05) is 31.7 Å². The molecule has 2 aliphatic heterocycles. The van der Waals surface area contributed by atoms with Crippen molar-refractivity contribution in [3.8, 4) is 0 Å². The summed E-state index contributed by atoms with van der Waals surface area (Å²) >= 11 is 0. The number of rotatable bonds is 7. The summed E-state index contributed by atoms with van der Waals surface area (Å²) < 4.78 is 29.8. The largest absolute Gasteiger partial charge is 0.461 e. The van der Waals surface area contributed by atoms with E-state index in [9.17, 15) is 13.6 Å². The van der Waals surface area contributed by atoms with Gasteiger partial charge in [-0.15, -0.1) is 0 Å². The van der Waals surface area contributed by atoms with Crippen LogP contribution in [0.15, 0.2) is 30.3 Å². The summed E-state index contributed by atoms with van der Waals surface area (Å²) in [7, 11) is 0. The van der Waals surface area contributed by atoms with Crippen LogP contribution >= 0.6 is 0 Å². The van der Waals surface area contributed by atoms with E-state index in [1.807, 2.05) is 35.2 Å². The number of likely N-dealkylation sites (tertiary alicyclic amines) is 2. The Hall–Kier alpha value is -1.53. The number of alkyl halides is 2. The van der Waals surface area contributed by atoms with E-state index in [1.165, 1.54) is 0 Å². The van der Waals surface area contributed by atoms with Crippen molar-refractivity contribution < 1.29 is 18.3 Å². The number of hydrogen-bond donors (Lipinski definition) is 0. The smallest absolute Gasteiger partial charge is 0.307 e. The molecule has 2 saturated heterocycles. The summed E-state index contributed by atoms with van der Waals surface area (Å²) in [5.41, 5.74) is 0.974. The van der Waals surface area contributed by atoms with Crippen molar-refractivity contribution in [3.63, 3.8) is 0 Å². The first-order valence-corrected chi connectivity index (χ1v) is 7.59. The fraction of sp³-hybridized carbons (Fsp3) is 0.562. The number of carbonyl (C=O) groups is 1. The lowest BCUT2D eigenvalue weighted by molar-refractivity contribution is -0.153. The molecule has 0 radical (unpaired) electrons. The zero-order chi connectivity index (χ0) is 15.5. The van der Waals surface area contributed by atoms with Crippen LogP contribution in [-0.2, 0) is 16.1 Å². The molecule has 3 rings (SSSR count). The number of halogens is 2. The van der Waals surface area contributed by atoms with Gasteiger partial charge in [-0.25, -0.2) is 8.78 Å². The Morgan fingerprint density at radius 1 is 1.18 bits per heavy atom. The Morgan fingerprint density at radius 3 is 2.50 bits per heavy atom. The van der Waals surface area contributed by atoms with Gasteiger partial charge in [0.1, 0.15) is 6.61 Å². The Balaban J connectivity index is 1.31. The maximum absolute atomic E-state index is 12.3. The van der Waals surface area contributed by atoms with E-state index in [-0.39, 0.29) is 18.6 Å².